The quantitative estimate of drug-likeness (QED) is 0.438. The lowest BCUT2D eigenvalue weighted by atomic mass is 9.95. The van der Waals surface area contributed by atoms with Crippen molar-refractivity contribution in [2.75, 3.05) is 18.5 Å². The van der Waals surface area contributed by atoms with Crippen molar-refractivity contribution in [1.82, 2.24) is 10.2 Å². The molecule has 1 aliphatic rings. The summed E-state index contributed by atoms with van der Waals surface area (Å²) < 4.78 is 6.14. The number of rotatable bonds is 6. The van der Waals surface area contributed by atoms with Crippen LogP contribution in [0.15, 0.2) is 64.3 Å². The molecule has 0 bridgehead atoms. The second kappa shape index (κ2) is 10.1. The third-order valence-electron chi connectivity index (χ3n) is 5.00. The topological polar surface area (TPSA) is 70.7 Å². The second-order valence-electron chi connectivity index (χ2n) is 6.93. The molecule has 0 aromatic heterocycles. The molecule has 31 heavy (non-hydrogen) atoms. The number of carbonyl (C=O) groups is 2. The van der Waals surface area contributed by atoms with Gasteiger partial charge in [0.05, 0.1) is 18.2 Å². The average Bonchev–Trinajstić information content (AvgIpc) is 2.74. The summed E-state index contributed by atoms with van der Waals surface area (Å²) in [6, 6.07) is 14.1. The lowest BCUT2D eigenvalue weighted by Crippen LogP contribution is -2.47. The molecule has 0 radical (unpaired) electrons. The number of ether oxygens (including phenoxy) is 1. The number of nitrogens with one attached hydrogen (secondary N) is 2. The van der Waals surface area contributed by atoms with Crippen LogP contribution >= 0.6 is 28.1 Å². The van der Waals surface area contributed by atoms with E-state index in [4.69, 9.17) is 17.0 Å². The summed E-state index contributed by atoms with van der Waals surface area (Å²) in [7, 11) is 0. The normalized spacial score (nSPS) is 16.1. The molecule has 2 aromatic rings. The molecule has 3 rings (SSSR count). The number of thiocarbonyl (C=S) groups is 1. The van der Waals surface area contributed by atoms with Gasteiger partial charge < -0.3 is 20.3 Å². The lowest BCUT2D eigenvalue weighted by molar-refractivity contribution is -0.139. The number of allylic oxidation sites excluding steroid dienone is 1. The van der Waals surface area contributed by atoms with Gasteiger partial charge in [0, 0.05) is 28.0 Å². The smallest absolute Gasteiger partial charge is 0.338 e. The largest absolute Gasteiger partial charge is 0.463 e. The van der Waals surface area contributed by atoms with Crippen LogP contribution < -0.4 is 10.6 Å². The van der Waals surface area contributed by atoms with E-state index in [1.165, 1.54) is 0 Å². The summed E-state index contributed by atoms with van der Waals surface area (Å²) in [5, 5.41) is 6.70. The summed E-state index contributed by atoms with van der Waals surface area (Å²) >= 11 is 8.87. The van der Waals surface area contributed by atoms with Crippen molar-refractivity contribution in [2.45, 2.75) is 26.8 Å². The number of carbonyl (C=O) groups excluding carboxylic acids is 2. The van der Waals surface area contributed by atoms with Crippen molar-refractivity contribution in [2.24, 2.45) is 0 Å². The first-order valence-corrected chi connectivity index (χ1v) is 11.2. The van der Waals surface area contributed by atoms with Crippen LogP contribution in [-0.2, 0) is 9.53 Å². The third kappa shape index (κ3) is 5.14. The van der Waals surface area contributed by atoms with Crippen molar-refractivity contribution in [3.05, 3.63) is 75.4 Å². The maximum absolute atomic E-state index is 12.7. The summed E-state index contributed by atoms with van der Waals surface area (Å²) in [5.74, 6) is -0.571. The molecule has 2 aromatic carbocycles. The number of anilines is 1. The third-order valence-corrected chi connectivity index (χ3v) is 5.83. The number of amides is 1. The molecular formula is C23H24BrN3O3S. The van der Waals surface area contributed by atoms with Crippen LogP contribution in [0.4, 0.5) is 5.69 Å². The van der Waals surface area contributed by atoms with Crippen LogP contribution in [0.2, 0.25) is 0 Å². The Kier molecular flexibility index (Phi) is 7.46. The molecule has 0 spiro atoms. The Morgan fingerprint density at radius 1 is 1.19 bits per heavy atom. The van der Waals surface area contributed by atoms with Crippen molar-refractivity contribution < 1.29 is 14.3 Å². The summed E-state index contributed by atoms with van der Waals surface area (Å²) in [6.45, 7) is 6.57. The molecule has 1 atom stereocenters. The summed E-state index contributed by atoms with van der Waals surface area (Å²) in [4.78, 5) is 27.1. The molecule has 0 fully saturated rings. The van der Waals surface area contributed by atoms with Gasteiger partial charge >= 0.3 is 5.97 Å². The average molecular weight is 502 g/mol. The highest BCUT2D eigenvalue weighted by Crippen LogP contribution is 2.32. The van der Waals surface area contributed by atoms with Crippen LogP contribution in [0.5, 0.6) is 0 Å². The number of benzene rings is 2. The highest BCUT2D eigenvalue weighted by Gasteiger charge is 2.34. The number of hydrogen-bond donors (Lipinski definition) is 2. The van der Waals surface area contributed by atoms with Crippen molar-refractivity contribution >= 4 is 50.8 Å². The Labute approximate surface area is 195 Å². The highest BCUT2D eigenvalue weighted by atomic mass is 79.9. The van der Waals surface area contributed by atoms with Crippen molar-refractivity contribution in [3.8, 4) is 0 Å². The molecule has 0 aliphatic carbocycles. The molecule has 0 saturated heterocycles. The summed E-state index contributed by atoms with van der Waals surface area (Å²) in [5.41, 5.74) is 3.37. The first kappa shape index (κ1) is 23.0. The molecule has 162 valence electrons. The zero-order chi connectivity index (χ0) is 22.5. The number of halogens is 1. The van der Waals surface area contributed by atoms with E-state index in [0.29, 0.717) is 35.1 Å². The number of hydrogen-bond acceptors (Lipinski definition) is 4. The van der Waals surface area contributed by atoms with E-state index in [-0.39, 0.29) is 11.9 Å². The second-order valence-corrected chi connectivity index (χ2v) is 8.24. The zero-order valence-corrected chi connectivity index (χ0v) is 20.0. The Morgan fingerprint density at radius 2 is 1.90 bits per heavy atom. The van der Waals surface area contributed by atoms with Gasteiger partial charge in [-0.15, -0.1) is 0 Å². The van der Waals surface area contributed by atoms with E-state index in [0.717, 1.165) is 15.7 Å². The first-order chi connectivity index (χ1) is 14.8. The van der Waals surface area contributed by atoms with Gasteiger partial charge in [-0.05, 0) is 68.9 Å². The molecule has 1 unspecified atom stereocenters. The highest BCUT2D eigenvalue weighted by molar-refractivity contribution is 9.10. The minimum atomic E-state index is -0.427. The predicted octanol–water partition coefficient (Wildman–Crippen LogP) is 4.79. The van der Waals surface area contributed by atoms with E-state index in [1.807, 2.05) is 43.0 Å². The van der Waals surface area contributed by atoms with Crippen LogP contribution in [0.25, 0.3) is 0 Å². The van der Waals surface area contributed by atoms with E-state index in [1.54, 1.807) is 31.2 Å². The number of esters is 1. The molecule has 8 heteroatoms. The molecular weight excluding hydrogens is 478 g/mol. The Balaban J connectivity index is 1.86. The molecule has 0 saturated carbocycles. The Hall–Kier alpha value is -2.71. The Bertz CT molecular complexity index is 1040. The molecule has 1 heterocycles. The number of nitrogens with zero attached hydrogens (tertiary/aromatic N) is 1. The molecule has 1 amide bonds. The van der Waals surface area contributed by atoms with Crippen LogP contribution in [0.3, 0.4) is 0 Å². The fourth-order valence-corrected chi connectivity index (χ4v) is 4.26. The maximum atomic E-state index is 12.7. The van der Waals surface area contributed by atoms with Gasteiger partial charge in [-0.3, -0.25) is 4.79 Å². The van der Waals surface area contributed by atoms with Crippen molar-refractivity contribution in [3.63, 3.8) is 0 Å². The van der Waals surface area contributed by atoms with Gasteiger partial charge in [-0.2, -0.15) is 0 Å². The van der Waals surface area contributed by atoms with E-state index >= 15 is 0 Å². The van der Waals surface area contributed by atoms with Crippen molar-refractivity contribution in [1.29, 1.82) is 0 Å². The molecule has 2 N–H and O–H groups in total. The Morgan fingerprint density at radius 3 is 2.52 bits per heavy atom. The standard InChI is InChI=1S/C23H24BrN3O3S/c1-4-27-14(3)19(22(29)30-5-2)20(26-23(27)31)15-9-11-18(12-10-15)25-21(28)16-7-6-8-17(24)13-16/h6-13,20H,4-5H2,1-3H3,(H,25,28)(H,26,31). The lowest BCUT2D eigenvalue weighted by Gasteiger charge is -2.37. The predicted molar refractivity (Wildman–Crippen MR) is 129 cm³/mol. The minimum Gasteiger partial charge on any atom is -0.463 e. The van der Waals surface area contributed by atoms with Gasteiger partial charge in [-0.1, -0.05) is 34.1 Å². The van der Waals surface area contributed by atoms with Gasteiger partial charge in [0.1, 0.15) is 0 Å². The zero-order valence-electron chi connectivity index (χ0n) is 17.6. The van der Waals surface area contributed by atoms with Gasteiger partial charge in [0.2, 0.25) is 0 Å². The molecule has 1 aliphatic heterocycles. The minimum absolute atomic E-state index is 0.201. The van der Waals surface area contributed by atoms with Crippen LogP contribution in [0.1, 0.15) is 42.7 Å². The fourth-order valence-electron chi connectivity index (χ4n) is 3.48. The first-order valence-electron chi connectivity index (χ1n) is 9.98. The van der Waals surface area contributed by atoms with Gasteiger partial charge in [0.15, 0.2) is 5.11 Å². The summed E-state index contributed by atoms with van der Waals surface area (Å²) in [6.07, 6.45) is 0. The maximum Gasteiger partial charge on any atom is 0.338 e. The van der Waals surface area contributed by atoms with E-state index in [2.05, 4.69) is 26.6 Å². The van der Waals surface area contributed by atoms with Crippen LogP contribution in [0, 0.1) is 0 Å². The van der Waals surface area contributed by atoms with E-state index in [9.17, 15) is 9.59 Å². The van der Waals surface area contributed by atoms with E-state index < -0.39 is 6.04 Å². The SMILES string of the molecule is CCOC(=O)C1=C(C)N(CC)C(=S)NC1c1ccc(NC(=O)c2cccc(Br)c2)cc1. The van der Waals surface area contributed by atoms with Gasteiger partial charge in [0.25, 0.3) is 5.91 Å². The fraction of sp³-hybridized carbons (Fsp3) is 0.261. The van der Waals surface area contributed by atoms with Crippen LogP contribution in [-0.4, -0.2) is 35.0 Å². The monoisotopic (exact) mass is 501 g/mol. The molecule has 6 nitrogen and oxygen atoms in total. The van der Waals surface area contributed by atoms with Gasteiger partial charge in [-0.25, -0.2) is 4.79 Å².